The van der Waals surface area contributed by atoms with Crippen LogP contribution in [0.4, 0.5) is 0 Å². The van der Waals surface area contributed by atoms with Crippen LogP contribution in [0.3, 0.4) is 0 Å². The maximum absolute atomic E-state index is 12.0. The molecule has 2 amide bonds. The third-order valence-electron chi connectivity index (χ3n) is 3.30. The zero-order chi connectivity index (χ0) is 14.4. The van der Waals surface area contributed by atoms with Crippen LogP contribution in [0.5, 0.6) is 0 Å². The number of nitrogens with two attached hydrogens (primary N) is 1. The molecule has 1 aliphatic rings. The molecule has 0 aromatic rings. The summed E-state index contributed by atoms with van der Waals surface area (Å²) in [5.74, 6) is 0.228. The monoisotopic (exact) mass is 270 g/mol. The number of amides is 2. The SMILES string of the molecule is CC(N)CC(=O)N1CCCN(CC(=O)N(C)C)CC1. The molecule has 0 saturated carbocycles. The number of rotatable bonds is 4. The molecule has 1 unspecified atom stereocenters. The maximum Gasteiger partial charge on any atom is 0.236 e. The largest absolute Gasteiger partial charge is 0.348 e. The topological polar surface area (TPSA) is 69.9 Å². The lowest BCUT2D eigenvalue weighted by Gasteiger charge is -2.23. The molecule has 0 aliphatic carbocycles. The van der Waals surface area contributed by atoms with E-state index in [9.17, 15) is 9.59 Å². The van der Waals surface area contributed by atoms with Crippen LogP contribution in [-0.4, -0.2) is 79.4 Å². The average Bonchev–Trinajstić information content (AvgIpc) is 2.53. The van der Waals surface area contributed by atoms with Crippen LogP contribution < -0.4 is 5.73 Å². The van der Waals surface area contributed by atoms with E-state index in [-0.39, 0.29) is 17.9 Å². The van der Waals surface area contributed by atoms with Crippen molar-refractivity contribution in [2.24, 2.45) is 5.73 Å². The molecule has 6 heteroatoms. The molecule has 1 saturated heterocycles. The minimum Gasteiger partial charge on any atom is -0.348 e. The molecule has 1 heterocycles. The van der Waals surface area contributed by atoms with E-state index >= 15 is 0 Å². The van der Waals surface area contributed by atoms with Gasteiger partial charge in [0.15, 0.2) is 0 Å². The molecule has 6 nitrogen and oxygen atoms in total. The second kappa shape index (κ2) is 7.45. The fourth-order valence-electron chi connectivity index (χ4n) is 2.12. The van der Waals surface area contributed by atoms with Gasteiger partial charge in [-0.05, 0) is 13.3 Å². The standard InChI is InChI=1S/C13H26N4O2/c1-11(14)9-12(18)17-6-4-5-16(7-8-17)10-13(19)15(2)3/h11H,4-10,14H2,1-3H3. The minimum absolute atomic E-state index is 0.0952. The zero-order valence-electron chi connectivity index (χ0n) is 12.3. The molecule has 1 fully saturated rings. The number of hydrogen-bond donors (Lipinski definition) is 1. The van der Waals surface area contributed by atoms with Crippen molar-refractivity contribution >= 4 is 11.8 Å². The van der Waals surface area contributed by atoms with Crippen molar-refractivity contribution in [2.75, 3.05) is 46.8 Å². The van der Waals surface area contributed by atoms with E-state index in [2.05, 4.69) is 4.90 Å². The van der Waals surface area contributed by atoms with Crippen molar-refractivity contribution in [3.63, 3.8) is 0 Å². The molecular formula is C13H26N4O2. The molecule has 0 spiro atoms. The number of likely N-dealkylation sites (N-methyl/N-ethyl adjacent to an activating group) is 1. The number of carbonyl (C=O) groups is 2. The highest BCUT2D eigenvalue weighted by molar-refractivity contribution is 5.78. The number of carbonyl (C=O) groups excluding carboxylic acids is 2. The number of nitrogens with zero attached hydrogens (tertiary/aromatic N) is 3. The van der Waals surface area contributed by atoms with Gasteiger partial charge in [-0.3, -0.25) is 14.5 Å². The van der Waals surface area contributed by atoms with E-state index in [0.29, 0.717) is 19.5 Å². The van der Waals surface area contributed by atoms with Gasteiger partial charge < -0.3 is 15.5 Å². The highest BCUT2D eigenvalue weighted by Crippen LogP contribution is 2.06. The van der Waals surface area contributed by atoms with Crippen LogP contribution >= 0.6 is 0 Å². The quantitative estimate of drug-likeness (QED) is 0.737. The Morgan fingerprint density at radius 1 is 1.21 bits per heavy atom. The Bertz CT molecular complexity index is 318. The third kappa shape index (κ3) is 5.57. The molecule has 1 aliphatic heterocycles. The Labute approximate surface area is 115 Å². The van der Waals surface area contributed by atoms with Gasteiger partial charge in [-0.2, -0.15) is 0 Å². The second-order valence-corrected chi connectivity index (χ2v) is 5.48. The fourth-order valence-corrected chi connectivity index (χ4v) is 2.12. The van der Waals surface area contributed by atoms with E-state index in [1.54, 1.807) is 19.0 Å². The van der Waals surface area contributed by atoms with Crippen molar-refractivity contribution in [1.82, 2.24) is 14.7 Å². The minimum atomic E-state index is -0.0952. The van der Waals surface area contributed by atoms with Gasteiger partial charge in [0, 0.05) is 52.7 Å². The Balaban J connectivity index is 2.43. The van der Waals surface area contributed by atoms with Crippen molar-refractivity contribution < 1.29 is 9.59 Å². The average molecular weight is 270 g/mol. The van der Waals surface area contributed by atoms with E-state index in [4.69, 9.17) is 5.73 Å². The van der Waals surface area contributed by atoms with Crippen LogP contribution in [-0.2, 0) is 9.59 Å². The Hall–Kier alpha value is -1.14. The summed E-state index contributed by atoms with van der Waals surface area (Å²) in [7, 11) is 3.53. The summed E-state index contributed by atoms with van der Waals surface area (Å²) in [6.07, 6.45) is 1.31. The van der Waals surface area contributed by atoms with Gasteiger partial charge in [-0.15, -0.1) is 0 Å². The van der Waals surface area contributed by atoms with Gasteiger partial charge >= 0.3 is 0 Å². The van der Waals surface area contributed by atoms with E-state index in [0.717, 1.165) is 26.1 Å². The molecule has 19 heavy (non-hydrogen) atoms. The van der Waals surface area contributed by atoms with E-state index in [1.807, 2.05) is 11.8 Å². The first-order valence-corrected chi connectivity index (χ1v) is 6.86. The second-order valence-electron chi connectivity index (χ2n) is 5.48. The van der Waals surface area contributed by atoms with Gasteiger partial charge in [0.1, 0.15) is 0 Å². The maximum atomic E-state index is 12.0. The predicted molar refractivity (Wildman–Crippen MR) is 74.6 cm³/mol. The van der Waals surface area contributed by atoms with Gasteiger partial charge in [-0.25, -0.2) is 0 Å². The summed E-state index contributed by atoms with van der Waals surface area (Å²) in [6, 6.07) is -0.0952. The predicted octanol–water partition coefficient (Wildman–Crippen LogP) is -0.654. The first-order valence-electron chi connectivity index (χ1n) is 6.86. The summed E-state index contributed by atoms with van der Waals surface area (Å²) < 4.78 is 0. The molecule has 0 radical (unpaired) electrons. The van der Waals surface area contributed by atoms with E-state index in [1.165, 1.54) is 0 Å². The first kappa shape index (κ1) is 15.9. The molecule has 110 valence electrons. The summed E-state index contributed by atoms with van der Waals surface area (Å²) in [5.41, 5.74) is 5.66. The van der Waals surface area contributed by atoms with Crippen molar-refractivity contribution in [3.05, 3.63) is 0 Å². The zero-order valence-corrected chi connectivity index (χ0v) is 12.3. The summed E-state index contributed by atoms with van der Waals surface area (Å²) in [4.78, 5) is 29.2. The lowest BCUT2D eigenvalue weighted by atomic mass is 10.2. The van der Waals surface area contributed by atoms with Crippen molar-refractivity contribution in [2.45, 2.75) is 25.8 Å². The van der Waals surface area contributed by atoms with Gasteiger partial charge in [0.05, 0.1) is 6.54 Å². The Morgan fingerprint density at radius 3 is 2.47 bits per heavy atom. The fraction of sp³-hybridized carbons (Fsp3) is 0.846. The van der Waals surface area contributed by atoms with Crippen LogP contribution in [0.1, 0.15) is 19.8 Å². The molecule has 1 rings (SSSR count). The summed E-state index contributed by atoms with van der Waals surface area (Å²) in [6.45, 7) is 5.34. The van der Waals surface area contributed by atoms with Gasteiger partial charge in [-0.1, -0.05) is 0 Å². The molecular weight excluding hydrogens is 244 g/mol. The highest BCUT2D eigenvalue weighted by Gasteiger charge is 2.21. The van der Waals surface area contributed by atoms with Gasteiger partial charge in [0.2, 0.25) is 11.8 Å². The van der Waals surface area contributed by atoms with Crippen molar-refractivity contribution in [1.29, 1.82) is 0 Å². The molecule has 0 bridgehead atoms. The van der Waals surface area contributed by atoms with Crippen LogP contribution in [0.25, 0.3) is 0 Å². The van der Waals surface area contributed by atoms with Crippen LogP contribution in [0.2, 0.25) is 0 Å². The normalized spacial score (nSPS) is 18.8. The molecule has 0 aromatic heterocycles. The third-order valence-corrected chi connectivity index (χ3v) is 3.30. The first-order chi connectivity index (χ1) is 8.90. The van der Waals surface area contributed by atoms with E-state index < -0.39 is 0 Å². The van der Waals surface area contributed by atoms with Crippen LogP contribution in [0.15, 0.2) is 0 Å². The smallest absolute Gasteiger partial charge is 0.236 e. The lowest BCUT2D eigenvalue weighted by molar-refractivity contribution is -0.131. The summed E-state index contributed by atoms with van der Waals surface area (Å²) in [5, 5.41) is 0. The molecule has 0 aromatic carbocycles. The highest BCUT2D eigenvalue weighted by atomic mass is 16.2. The summed E-state index contributed by atoms with van der Waals surface area (Å²) >= 11 is 0. The van der Waals surface area contributed by atoms with Crippen molar-refractivity contribution in [3.8, 4) is 0 Å². The Morgan fingerprint density at radius 2 is 1.89 bits per heavy atom. The Kier molecular flexibility index (Phi) is 6.24. The van der Waals surface area contributed by atoms with Crippen LogP contribution in [0, 0.1) is 0 Å². The molecule has 1 atom stereocenters. The molecule has 2 N–H and O–H groups in total. The van der Waals surface area contributed by atoms with Gasteiger partial charge in [0.25, 0.3) is 0 Å². The lowest BCUT2D eigenvalue weighted by Crippen LogP contribution is -2.40. The number of hydrogen-bond acceptors (Lipinski definition) is 4.